The highest BCUT2D eigenvalue weighted by Crippen LogP contribution is 2.28. The van der Waals surface area contributed by atoms with Crippen molar-refractivity contribution in [2.45, 2.75) is 36.2 Å². The standard InChI is InChI=1S/C12H17BrN2O3S/c1-18-11-6-5-8(13)7-12(11)19(16,17)15-10-4-2-3-9(10)14/h5-7,9-10,15H,2-4,14H2,1H3. The van der Waals surface area contributed by atoms with Crippen LogP contribution in [-0.2, 0) is 10.0 Å². The number of methoxy groups -OCH3 is 1. The molecule has 0 bridgehead atoms. The van der Waals surface area contributed by atoms with E-state index >= 15 is 0 Å². The first-order valence-electron chi connectivity index (χ1n) is 6.05. The van der Waals surface area contributed by atoms with E-state index in [0.717, 1.165) is 19.3 Å². The lowest BCUT2D eigenvalue weighted by atomic mass is 10.2. The van der Waals surface area contributed by atoms with E-state index in [0.29, 0.717) is 10.2 Å². The van der Waals surface area contributed by atoms with E-state index in [2.05, 4.69) is 20.7 Å². The van der Waals surface area contributed by atoms with Crippen LogP contribution in [0, 0.1) is 0 Å². The second-order valence-corrected chi connectivity index (χ2v) is 7.22. The van der Waals surface area contributed by atoms with Gasteiger partial charge in [-0.15, -0.1) is 0 Å². The highest BCUT2D eigenvalue weighted by molar-refractivity contribution is 9.10. The molecule has 5 nitrogen and oxygen atoms in total. The lowest BCUT2D eigenvalue weighted by Crippen LogP contribution is -2.43. The first kappa shape index (κ1) is 14.8. The summed E-state index contributed by atoms with van der Waals surface area (Å²) in [4.78, 5) is 0.128. The summed E-state index contributed by atoms with van der Waals surface area (Å²) >= 11 is 3.27. The first-order valence-corrected chi connectivity index (χ1v) is 8.33. The van der Waals surface area contributed by atoms with Gasteiger partial charge in [-0.25, -0.2) is 13.1 Å². The highest BCUT2D eigenvalue weighted by atomic mass is 79.9. The Labute approximate surface area is 121 Å². The zero-order valence-electron chi connectivity index (χ0n) is 10.6. The lowest BCUT2D eigenvalue weighted by molar-refractivity contribution is 0.401. The molecule has 106 valence electrons. The van der Waals surface area contributed by atoms with E-state index in [9.17, 15) is 8.42 Å². The number of halogens is 1. The maximum absolute atomic E-state index is 12.4. The van der Waals surface area contributed by atoms with Gasteiger partial charge in [-0.05, 0) is 31.0 Å². The van der Waals surface area contributed by atoms with Crippen LogP contribution < -0.4 is 15.2 Å². The Morgan fingerprint density at radius 1 is 1.42 bits per heavy atom. The summed E-state index contributed by atoms with van der Waals surface area (Å²) < 4.78 is 33.3. The van der Waals surface area contributed by atoms with Gasteiger partial charge in [0.2, 0.25) is 10.0 Å². The van der Waals surface area contributed by atoms with Crippen molar-refractivity contribution in [3.63, 3.8) is 0 Å². The number of ether oxygens (including phenoxy) is 1. The Balaban J connectivity index is 2.31. The third kappa shape index (κ3) is 3.28. The molecule has 1 aliphatic rings. The Kier molecular flexibility index (Phi) is 4.50. The Morgan fingerprint density at radius 2 is 2.16 bits per heavy atom. The zero-order chi connectivity index (χ0) is 14.0. The Bertz CT molecular complexity index is 562. The quantitative estimate of drug-likeness (QED) is 0.866. The number of nitrogens with one attached hydrogen (secondary N) is 1. The number of rotatable bonds is 4. The van der Waals surface area contributed by atoms with Gasteiger partial charge < -0.3 is 10.5 Å². The summed E-state index contributed by atoms with van der Waals surface area (Å²) in [6.45, 7) is 0. The van der Waals surface area contributed by atoms with E-state index in [4.69, 9.17) is 10.5 Å². The fourth-order valence-corrected chi connectivity index (χ4v) is 4.29. The third-order valence-electron chi connectivity index (χ3n) is 3.29. The van der Waals surface area contributed by atoms with Crippen molar-refractivity contribution in [2.75, 3.05) is 7.11 Å². The fraction of sp³-hybridized carbons (Fsp3) is 0.500. The van der Waals surface area contributed by atoms with Crippen LogP contribution in [0.4, 0.5) is 0 Å². The molecule has 0 saturated heterocycles. The smallest absolute Gasteiger partial charge is 0.244 e. The van der Waals surface area contributed by atoms with E-state index in [1.807, 2.05) is 0 Å². The number of nitrogens with two attached hydrogens (primary N) is 1. The predicted octanol–water partition coefficient (Wildman–Crippen LogP) is 1.62. The van der Waals surface area contributed by atoms with Gasteiger partial charge in [0.05, 0.1) is 7.11 Å². The molecule has 0 spiro atoms. The molecule has 1 aromatic rings. The SMILES string of the molecule is COc1ccc(Br)cc1S(=O)(=O)NC1CCCC1N. The summed E-state index contributed by atoms with van der Waals surface area (Å²) in [6, 6.07) is 4.57. The monoisotopic (exact) mass is 348 g/mol. The molecule has 0 heterocycles. The van der Waals surface area contributed by atoms with Crippen LogP contribution in [0.2, 0.25) is 0 Å². The summed E-state index contributed by atoms with van der Waals surface area (Å²) in [7, 11) is -2.18. The maximum atomic E-state index is 12.4. The van der Waals surface area contributed by atoms with Gasteiger partial charge in [-0.2, -0.15) is 0 Å². The van der Waals surface area contributed by atoms with Gasteiger partial charge in [0.15, 0.2) is 0 Å². The molecule has 2 rings (SSSR count). The summed E-state index contributed by atoms with van der Waals surface area (Å²) in [5.74, 6) is 0.322. The molecule has 19 heavy (non-hydrogen) atoms. The molecule has 1 aliphatic carbocycles. The van der Waals surface area contributed by atoms with Crippen LogP contribution in [0.3, 0.4) is 0 Å². The minimum absolute atomic E-state index is 0.118. The van der Waals surface area contributed by atoms with Gasteiger partial charge in [0.25, 0.3) is 0 Å². The molecular weight excluding hydrogens is 332 g/mol. The summed E-state index contributed by atoms with van der Waals surface area (Å²) in [5.41, 5.74) is 5.90. The molecule has 1 fully saturated rings. The van der Waals surface area contributed by atoms with Crippen LogP contribution in [0.1, 0.15) is 19.3 Å². The average Bonchev–Trinajstić information content (AvgIpc) is 2.74. The van der Waals surface area contributed by atoms with E-state index in [1.165, 1.54) is 13.2 Å². The average molecular weight is 349 g/mol. The van der Waals surface area contributed by atoms with Crippen molar-refractivity contribution < 1.29 is 13.2 Å². The molecule has 7 heteroatoms. The lowest BCUT2D eigenvalue weighted by Gasteiger charge is -2.18. The molecule has 1 aromatic carbocycles. The van der Waals surface area contributed by atoms with Crippen LogP contribution in [0.5, 0.6) is 5.75 Å². The molecular formula is C12H17BrN2O3S. The van der Waals surface area contributed by atoms with Crippen molar-refractivity contribution in [1.82, 2.24) is 4.72 Å². The molecule has 1 saturated carbocycles. The van der Waals surface area contributed by atoms with Gasteiger partial charge in [0.1, 0.15) is 10.6 Å². The van der Waals surface area contributed by atoms with Crippen LogP contribution in [0.25, 0.3) is 0 Å². The van der Waals surface area contributed by atoms with E-state index in [1.54, 1.807) is 12.1 Å². The van der Waals surface area contributed by atoms with Crippen LogP contribution >= 0.6 is 15.9 Å². The number of benzene rings is 1. The first-order chi connectivity index (χ1) is 8.94. The minimum Gasteiger partial charge on any atom is -0.495 e. The highest BCUT2D eigenvalue weighted by Gasteiger charge is 2.30. The molecule has 0 aliphatic heterocycles. The van der Waals surface area contributed by atoms with Crippen molar-refractivity contribution >= 4 is 26.0 Å². The molecule has 0 radical (unpaired) electrons. The summed E-state index contributed by atoms with van der Waals surface area (Å²) in [5, 5.41) is 0. The van der Waals surface area contributed by atoms with Gasteiger partial charge >= 0.3 is 0 Å². The van der Waals surface area contributed by atoms with Gasteiger partial charge in [0, 0.05) is 16.6 Å². The van der Waals surface area contributed by atoms with Gasteiger partial charge in [-0.1, -0.05) is 22.4 Å². The van der Waals surface area contributed by atoms with E-state index in [-0.39, 0.29) is 17.0 Å². The van der Waals surface area contributed by atoms with Crippen LogP contribution in [-0.4, -0.2) is 27.6 Å². The Hall–Kier alpha value is -0.630. The van der Waals surface area contributed by atoms with Crippen molar-refractivity contribution in [3.05, 3.63) is 22.7 Å². The van der Waals surface area contributed by atoms with Crippen molar-refractivity contribution in [3.8, 4) is 5.75 Å². The van der Waals surface area contributed by atoms with Crippen LogP contribution in [0.15, 0.2) is 27.6 Å². The normalized spacial score (nSPS) is 23.5. The molecule has 2 unspecified atom stereocenters. The zero-order valence-corrected chi connectivity index (χ0v) is 13.0. The molecule has 0 aromatic heterocycles. The number of sulfonamides is 1. The Morgan fingerprint density at radius 3 is 2.74 bits per heavy atom. The number of hydrogen-bond donors (Lipinski definition) is 2. The molecule has 0 amide bonds. The topological polar surface area (TPSA) is 81.4 Å². The largest absolute Gasteiger partial charge is 0.495 e. The van der Waals surface area contributed by atoms with Crippen molar-refractivity contribution in [2.24, 2.45) is 5.73 Å². The molecule has 3 N–H and O–H groups in total. The maximum Gasteiger partial charge on any atom is 0.244 e. The summed E-state index contributed by atoms with van der Waals surface area (Å²) in [6.07, 6.45) is 2.57. The van der Waals surface area contributed by atoms with E-state index < -0.39 is 10.0 Å². The second-order valence-electron chi connectivity index (χ2n) is 4.62. The molecule has 2 atom stereocenters. The number of hydrogen-bond acceptors (Lipinski definition) is 4. The van der Waals surface area contributed by atoms with Crippen molar-refractivity contribution in [1.29, 1.82) is 0 Å². The third-order valence-corrected chi connectivity index (χ3v) is 5.30. The fourth-order valence-electron chi connectivity index (χ4n) is 2.26. The minimum atomic E-state index is -3.63. The van der Waals surface area contributed by atoms with Gasteiger partial charge in [-0.3, -0.25) is 0 Å². The predicted molar refractivity (Wildman–Crippen MR) is 76.6 cm³/mol. The second kappa shape index (κ2) is 5.78.